The molecule has 1 heterocycles. The van der Waals surface area contributed by atoms with Gasteiger partial charge < -0.3 is 0 Å². The van der Waals surface area contributed by atoms with Crippen LogP contribution in [0.2, 0.25) is 0 Å². The minimum Gasteiger partial charge on any atom is -0.240 e. The minimum absolute atomic E-state index is 0.371. The van der Waals surface area contributed by atoms with E-state index in [0.29, 0.717) is 11.8 Å². The van der Waals surface area contributed by atoms with Crippen LogP contribution in [0.1, 0.15) is 41.1 Å². The van der Waals surface area contributed by atoms with Gasteiger partial charge in [-0.2, -0.15) is 0 Å². The van der Waals surface area contributed by atoms with Crippen molar-refractivity contribution < 1.29 is 0 Å². The molecular weight excluding hydrogens is 244 g/mol. The van der Waals surface area contributed by atoms with E-state index in [9.17, 15) is 0 Å². The van der Waals surface area contributed by atoms with Crippen LogP contribution in [-0.2, 0) is 18.7 Å². The third kappa shape index (κ3) is 1.81. The molecule has 3 heteroatoms. The summed E-state index contributed by atoms with van der Waals surface area (Å²) in [6.45, 7) is 2.11. The number of aromatic nitrogens is 2. The van der Waals surface area contributed by atoms with E-state index in [1.807, 2.05) is 6.20 Å². The maximum atomic E-state index is 5.89. The van der Waals surface area contributed by atoms with Crippen LogP contribution in [0.3, 0.4) is 0 Å². The minimum atomic E-state index is 0.371. The van der Waals surface area contributed by atoms with Gasteiger partial charge in [-0.05, 0) is 24.0 Å². The van der Waals surface area contributed by atoms with Crippen LogP contribution >= 0.6 is 11.6 Å². The predicted octanol–water partition coefficient (Wildman–Crippen LogP) is 3.47. The van der Waals surface area contributed by atoms with E-state index >= 15 is 0 Å². The third-order valence-electron chi connectivity index (χ3n) is 3.62. The van der Waals surface area contributed by atoms with E-state index in [1.165, 1.54) is 11.1 Å². The van der Waals surface area contributed by atoms with Crippen molar-refractivity contribution in [2.45, 2.75) is 31.6 Å². The fourth-order valence-electron chi connectivity index (χ4n) is 2.53. The molecule has 0 fully saturated rings. The van der Waals surface area contributed by atoms with Crippen molar-refractivity contribution in [3.05, 3.63) is 58.7 Å². The number of halogens is 1. The Morgan fingerprint density at radius 3 is 2.89 bits per heavy atom. The second-order valence-corrected chi connectivity index (χ2v) is 4.91. The quantitative estimate of drug-likeness (QED) is 0.788. The summed E-state index contributed by atoms with van der Waals surface area (Å²) >= 11 is 5.89. The van der Waals surface area contributed by atoms with Gasteiger partial charge >= 0.3 is 0 Å². The lowest BCUT2D eigenvalue weighted by atomic mass is 9.77. The van der Waals surface area contributed by atoms with Crippen LogP contribution in [0.15, 0.2) is 30.5 Å². The van der Waals surface area contributed by atoms with Crippen molar-refractivity contribution in [3.63, 3.8) is 0 Å². The topological polar surface area (TPSA) is 25.8 Å². The first kappa shape index (κ1) is 11.7. The fraction of sp³-hybridized carbons (Fsp3) is 0.333. The van der Waals surface area contributed by atoms with E-state index < -0.39 is 0 Å². The zero-order chi connectivity index (χ0) is 12.5. The summed E-state index contributed by atoms with van der Waals surface area (Å²) in [5, 5.41) is 0. The summed E-state index contributed by atoms with van der Waals surface area (Å²) in [5.74, 6) is 1.81. The van der Waals surface area contributed by atoms with Gasteiger partial charge in [0.1, 0.15) is 5.82 Å². The molecule has 3 rings (SSSR count). The lowest BCUT2D eigenvalue weighted by molar-refractivity contribution is 0.651. The normalized spacial score (nSPS) is 17.1. The first-order valence-corrected chi connectivity index (χ1v) is 6.85. The lowest BCUT2D eigenvalue weighted by Gasteiger charge is -2.29. The van der Waals surface area contributed by atoms with Crippen molar-refractivity contribution in [2.75, 3.05) is 0 Å². The molecular formula is C15H15ClN2. The number of alkyl halides is 1. The fourth-order valence-corrected chi connectivity index (χ4v) is 2.76. The molecule has 1 unspecified atom stereocenters. The van der Waals surface area contributed by atoms with Crippen LogP contribution in [0.5, 0.6) is 0 Å². The van der Waals surface area contributed by atoms with Crippen LogP contribution in [0.4, 0.5) is 0 Å². The Labute approximate surface area is 112 Å². The molecule has 0 saturated carbocycles. The highest BCUT2D eigenvalue weighted by Gasteiger charge is 2.29. The monoisotopic (exact) mass is 258 g/mol. The highest BCUT2D eigenvalue weighted by Crippen LogP contribution is 2.38. The molecule has 0 radical (unpaired) electrons. The molecule has 2 nitrogen and oxygen atoms in total. The van der Waals surface area contributed by atoms with Gasteiger partial charge in [0.15, 0.2) is 0 Å². The first-order valence-electron chi connectivity index (χ1n) is 6.32. The Bertz CT molecular complexity index is 580. The number of nitrogens with zero attached hydrogens (tertiary/aromatic N) is 2. The SMILES string of the molecule is CCc1nc(C2Cc3ccccc32)ncc1CCl. The zero-order valence-electron chi connectivity index (χ0n) is 10.4. The Balaban J connectivity index is 1.96. The zero-order valence-corrected chi connectivity index (χ0v) is 11.1. The molecule has 2 aromatic rings. The highest BCUT2D eigenvalue weighted by atomic mass is 35.5. The number of fused-ring (bicyclic) bond motifs is 1. The average Bonchev–Trinajstić information content (AvgIpc) is 2.40. The molecule has 1 aliphatic rings. The number of aryl methyl sites for hydroxylation is 1. The predicted molar refractivity (Wildman–Crippen MR) is 73.0 cm³/mol. The van der Waals surface area contributed by atoms with E-state index in [2.05, 4.69) is 41.2 Å². The summed E-state index contributed by atoms with van der Waals surface area (Å²) in [6.07, 6.45) is 3.85. The number of rotatable bonds is 3. The van der Waals surface area contributed by atoms with Crippen molar-refractivity contribution in [3.8, 4) is 0 Å². The van der Waals surface area contributed by atoms with E-state index in [1.54, 1.807) is 0 Å². The number of hydrogen-bond acceptors (Lipinski definition) is 2. The summed E-state index contributed by atoms with van der Waals surface area (Å²) in [4.78, 5) is 9.17. The average molecular weight is 259 g/mol. The van der Waals surface area contributed by atoms with E-state index in [0.717, 1.165) is 29.9 Å². The second-order valence-electron chi connectivity index (χ2n) is 4.64. The maximum absolute atomic E-state index is 5.89. The van der Waals surface area contributed by atoms with Gasteiger partial charge in [0.05, 0.1) is 5.88 Å². The molecule has 1 aliphatic carbocycles. The van der Waals surface area contributed by atoms with Crippen LogP contribution < -0.4 is 0 Å². The molecule has 1 aromatic heterocycles. The molecule has 1 aromatic carbocycles. The lowest BCUT2D eigenvalue weighted by Crippen LogP contribution is -2.21. The molecule has 0 bridgehead atoms. The molecule has 0 N–H and O–H groups in total. The van der Waals surface area contributed by atoms with Crippen LogP contribution in [0, 0.1) is 0 Å². The molecule has 92 valence electrons. The van der Waals surface area contributed by atoms with Gasteiger partial charge in [0, 0.05) is 23.4 Å². The molecule has 18 heavy (non-hydrogen) atoms. The summed E-state index contributed by atoms with van der Waals surface area (Å²) < 4.78 is 0. The van der Waals surface area contributed by atoms with Gasteiger partial charge in [-0.15, -0.1) is 11.6 Å². The first-order chi connectivity index (χ1) is 8.83. The molecule has 0 aliphatic heterocycles. The van der Waals surface area contributed by atoms with Crippen molar-refractivity contribution in [1.82, 2.24) is 9.97 Å². The van der Waals surface area contributed by atoms with E-state index in [4.69, 9.17) is 11.6 Å². The highest BCUT2D eigenvalue weighted by molar-refractivity contribution is 6.17. The van der Waals surface area contributed by atoms with Crippen molar-refractivity contribution in [1.29, 1.82) is 0 Å². The van der Waals surface area contributed by atoms with Crippen LogP contribution in [-0.4, -0.2) is 9.97 Å². The Kier molecular flexibility index (Phi) is 3.04. The van der Waals surface area contributed by atoms with Crippen molar-refractivity contribution in [2.24, 2.45) is 0 Å². The number of hydrogen-bond donors (Lipinski definition) is 0. The maximum Gasteiger partial charge on any atom is 0.136 e. The van der Waals surface area contributed by atoms with Crippen LogP contribution in [0.25, 0.3) is 0 Å². The summed E-state index contributed by atoms with van der Waals surface area (Å²) in [5.41, 5.74) is 4.93. The summed E-state index contributed by atoms with van der Waals surface area (Å²) in [6, 6.07) is 8.52. The smallest absolute Gasteiger partial charge is 0.136 e. The third-order valence-corrected chi connectivity index (χ3v) is 3.91. The molecule has 0 spiro atoms. The van der Waals surface area contributed by atoms with Crippen molar-refractivity contribution >= 4 is 11.6 Å². The van der Waals surface area contributed by atoms with Gasteiger partial charge in [-0.3, -0.25) is 0 Å². The summed E-state index contributed by atoms with van der Waals surface area (Å²) in [7, 11) is 0. The Morgan fingerprint density at radius 2 is 2.17 bits per heavy atom. The Morgan fingerprint density at radius 1 is 1.33 bits per heavy atom. The van der Waals surface area contributed by atoms with E-state index in [-0.39, 0.29) is 0 Å². The van der Waals surface area contributed by atoms with Gasteiger partial charge in [-0.25, -0.2) is 9.97 Å². The van der Waals surface area contributed by atoms with Gasteiger partial charge in [0.25, 0.3) is 0 Å². The second kappa shape index (κ2) is 4.69. The molecule has 1 atom stereocenters. The molecule has 0 amide bonds. The Hall–Kier alpha value is -1.41. The number of benzene rings is 1. The standard InChI is InChI=1S/C15H15ClN2/c1-2-14-11(8-16)9-17-15(18-14)13-7-10-5-3-4-6-12(10)13/h3-6,9,13H,2,7-8H2,1H3. The van der Waals surface area contributed by atoms with Gasteiger partial charge in [0.2, 0.25) is 0 Å². The largest absolute Gasteiger partial charge is 0.240 e. The molecule has 0 saturated heterocycles. The van der Waals surface area contributed by atoms with Gasteiger partial charge in [-0.1, -0.05) is 31.2 Å².